The maximum atomic E-state index is 12.6. The van der Waals surface area contributed by atoms with E-state index in [2.05, 4.69) is 5.32 Å². The van der Waals surface area contributed by atoms with E-state index in [0.717, 1.165) is 59.8 Å². The lowest BCUT2D eigenvalue weighted by atomic mass is 9.94. The Morgan fingerprint density at radius 1 is 1.12 bits per heavy atom. The van der Waals surface area contributed by atoms with Crippen molar-refractivity contribution in [2.75, 3.05) is 0 Å². The number of aliphatic carboxylic acids is 1. The molecule has 0 spiro atoms. The van der Waals surface area contributed by atoms with Crippen LogP contribution >= 0.6 is 0 Å². The van der Waals surface area contributed by atoms with Gasteiger partial charge in [-0.25, -0.2) is 4.79 Å². The molecule has 0 unspecified atom stereocenters. The van der Waals surface area contributed by atoms with E-state index >= 15 is 0 Å². The highest BCUT2D eigenvalue weighted by Gasteiger charge is 2.21. The molecule has 0 aliphatic heterocycles. The number of hydrogen-bond donors (Lipinski definition) is 1. The molecule has 0 saturated heterocycles. The van der Waals surface area contributed by atoms with E-state index in [1.54, 1.807) is 6.07 Å². The van der Waals surface area contributed by atoms with E-state index in [4.69, 9.17) is 8.83 Å². The summed E-state index contributed by atoms with van der Waals surface area (Å²) in [5.41, 5.74) is 3.17. The van der Waals surface area contributed by atoms with E-state index in [1.807, 2.05) is 19.9 Å². The van der Waals surface area contributed by atoms with E-state index in [9.17, 15) is 19.5 Å². The first-order valence-electron chi connectivity index (χ1n) is 11.4. The summed E-state index contributed by atoms with van der Waals surface area (Å²) in [6.45, 7) is 3.80. The van der Waals surface area contributed by atoms with Crippen LogP contribution in [0.4, 0.5) is 0 Å². The molecule has 1 aromatic carbocycles. The van der Waals surface area contributed by atoms with Gasteiger partial charge in [0.1, 0.15) is 16.9 Å². The molecule has 0 radical (unpaired) electrons. The number of carbonyl (C=O) groups excluding carboxylic acids is 2. The van der Waals surface area contributed by atoms with Crippen LogP contribution in [0.15, 0.2) is 25.8 Å². The number of aryl methyl sites for hydroxylation is 3. The second kappa shape index (κ2) is 9.18. The number of amides is 1. The first-order chi connectivity index (χ1) is 15.4. The number of hydrogen-bond acceptors (Lipinski definition) is 6. The van der Waals surface area contributed by atoms with Crippen molar-refractivity contribution in [3.05, 3.63) is 45.0 Å². The molecule has 7 nitrogen and oxygen atoms in total. The monoisotopic (exact) mass is 438 g/mol. The second-order valence-corrected chi connectivity index (χ2v) is 8.63. The third kappa shape index (κ3) is 4.29. The van der Waals surface area contributed by atoms with Crippen LogP contribution in [0.2, 0.25) is 0 Å². The van der Waals surface area contributed by atoms with Gasteiger partial charge in [-0.15, -0.1) is 0 Å². The molecule has 32 heavy (non-hydrogen) atoms. The molecule has 1 aliphatic carbocycles. The zero-order valence-electron chi connectivity index (χ0n) is 18.5. The fraction of sp³-hybridized carbons (Fsp3) is 0.480. The average Bonchev–Trinajstić information content (AvgIpc) is 3.12. The van der Waals surface area contributed by atoms with Gasteiger partial charge in [0.05, 0.1) is 12.0 Å². The van der Waals surface area contributed by atoms with Gasteiger partial charge in [0, 0.05) is 40.8 Å². The first kappa shape index (κ1) is 22.1. The van der Waals surface area contributed by atoms with Gasteiger partial charge >= 0.3 is 5.63 Å². The average molecular weight is 439 g/mol. The Hall–Kier alpha value is -3.09. The number of fused-ring (bicyclic) bond motifs is 4. The van der Waals surface area contributed by atoms with Crippen LogP contribution in [0, 0.1) is 6.92 Å². The van der Waals surface area contributed by atoms with E-state index in [0.29, 0.717) is 24.0 Å². The summed E-state index contributed by atoms with van der Waals surface area (Å²) >= 11 is 0. The summed E-state index contributed by atoms with van der Waals surface area (Å²) in [5.74, 6) is -0.696. The molecule has 0 bridgehead atoms. The van der Waals surface area contributed by atoms with Crippen molar-refractivity contribution < 1.29 is 23.5 Å². The van der Waals surface area contributed by atoms with Crippen molar-refractivity contribution in [2.45, 2.75) is 77.7 Å². The third-order valence-electron chi connectivity index (χ3n) is 6.43. The number of benzene rings is 1. The number of nitrogens with one attached hydrogen (secondary N) is 1. The van der Waals surface area contributed by atoms with E-state index in [-0.39, 0.29) is 12.8 Å². The Kier molecular flexibility index (Phi) is 6.35. The molecule has 2 heterocycles. The molecular weight excluding hydrogens is 410 g/mol. The Morgan fingerprint density at radius 2 is 1.88 bits per heavy atom. The van der Waals surface area contributed by atoms with Crippen LogP contribution < -0.4 is 16.0 Å². The SMILES string of the molecule is CCCC[C@@H](NC(=O)CCc1c(C)c2cc3c4c(oc3cc2oc1=O)CCCC4)C(=O)[O-]. The quantitative estimate of drug-likeness (QED) is 0.541. The van der Waals surface area contributed by atoms with E-state index in [1.165, 1.54) is 5.56 Å². The molecule has 4 rings (SSSR count). The zero-order valence-corrected chi connectivity index (χ0v) is 18.5. The Morgan fingerprint density at radius 3 is 2.62 bits per heavy atom. The van der Waals surface area contributed by atoms with Crippen LogP contribution in [0.1, 0.15) is 67.9 Å². The lowest BCUT2D eigenvalue weighted by Gasteiger charge is -2.19. The smallest absolute Gasteiger partial charge is 0.339 e. The fourth-order valence-corrected chi connectivity index (χ4v) is 4.60. The molecule has 2 aromatic heterocycles. The molecule has 3 aromatic rings. The summed E-state index contributed by atoms with van der Waals surface area (Å²) in [4.78, 5) is 36.2. The van der Waals surface area contributed by atoms with Crippen LogP contribution in [0.3, 0.4) is 0 Å². The zero-order chi connectivity index (χ0) is 22.8. The van der Waals surface area contributed by atoms with Crippen molar-refractivity contribution >= 4 is 33.8 Å². The number of unbranched alkanes of at least 4 members (excludes halogenated alkanes) is 1. The van der Waals surface area contributed by atoms with Gasteiger partial charge in [-0.05, 0) is 50.7 Å². The number of carboxylic acids is 1. The van der Waals surface area contributed by atoms with Crippen molar-refractivity contribution in [3.63, 3.8) is 0 Å². The number of carbonyl (C=O) groups is 2. The Balaban J connectivity index is 1.58. The van der Waals surface area contributed by atoms with Crippen molar-refractivity contribution in [1.82, 2.24) is 5.32 Å². The van der Waals surface area contributed by atoms with Gasteiger partial charge in [-0.2, -0.15) is 0 Å². The molecule has 1 N–H and O–H groups in total. The van der Waals surface area contributed by atoms with Crippen molar-refractivity contribution in [3.8, 4) is 0 Å². The van der Waals surface area contributed by atoms with E-state index < -0.39 is 23.5 Å². The molecule has 7 heteroatoms. The Bertz CT molecular complexity index is 1230. The highest BCUT2D eigenvalue weighted by molar-refractivity contribution is 5.97. The maximum absolute atomic E-state index is 12.6. The summed E-state index contributed by atoms with van der Waals surface area (Å²) in [7, 11) is 0. The predicted octanol–water partition coefficient (Wildman–Crippen LogP) is 3.08. The van der Waals surface area contributed by atoms with Crippen LogP contribution in [0.5, 0.6) is 0 Å². The van der Waals surface area contributed by atoms with Crippen molar-refractivity contribution in [2.24, 2.45) is 0 Å². The minimum Gasteiger partial charge on any atom is -0.548 e. The number of furan rings is 1. The highest BCUT2D eigenvalue weighted by atomic mass is 16.4. The first-order valence-corrected chi connectivity index (χ1v) is 11.4. The fourth-order valence-electron chi connectivity index (χ4n) is 4.60. The summed E-state index contributed by atoms with van der Waals surface area (Å²) in [5, 5.41) is 15.7. The lowest BCUT2D eigenvalue weighted by molar-refractivity contribution is -0.308. The molecule has 1 amide bonds. The third-order valence-corrected chi connectivity index (χ3v) is 6.43. The minimum atomic E-state index is -1.29. The summed E-state index contributed by atoms with van der Waals surface area (Å²) in [6, 6.07) is 2.79. The van der Waals surface area contributed by atoms with Gasteiger partial charge in [0.15, 0.2) is 0 Å². The summed E-state index contributed by atoms with van der Waals surface area (Å²) < 4.78 is 11.6. The van der Waals surface area contributed by atoms with Crippen LogP contribution in [-0.2, 0) is 28.9 Å². The molecule has 0 saturated carbocycles. The lowest BCUT2D eigenvalue weighted by Crippen LogP contribution is -2.47. The van der Waals surface area contributed by atoms with Gasteiger partial charge < -0.3 is 24.1 Å². The highest BCUT2D eigenvalue weighted by Crippen LogP contribution is 2.35. The topological polar surface area (TPSA) is 113 Å². The molecular formula is C25H28NO6-. The van der Waals surface area contributed by atoms with Gasteiger partial charge in [0.25, 0.3) is 0 Å². The summed E-state index contributed by atoms with van der Waals surface area (Å²) in [6.07, 6.45) is 6.15. The van der Waals surface area contributed by atoms with Crippen LogP contribution in [0.25, 0.3) is 21.9 Å². The van der Waals surface area contributed by atoms with Crippen LogP contribution in [-0.4, -0.2) is 17.9 Å². The largest absolute Gasteiger partial charge is 0.548 e. The maximum Gasteiger partial charge on any atom is 0.339 e. The molecule has 0 fully saturated rings. The molecule has 170 valence electrons. The molecule has 1 aliphatic rings. The predicted molar refractivity (Wildman–Crippen MR) is 118 cm³/mol. The molecule has 1 atom stereocenters. The van der Waals surface area contributed by atoms with Crippen molar-refractivity contribution in [1.29, 1.82) is 0 Å². The number of carboxylic acid groups (broad SMARTS) is 1. The van der Waals surface area contributed by atoms with Gasteiger partial charge in [-0.3, -0.25) is 4.79 Å². The van der Waals surface area contributed by atoms with Gasteiger partial charge in [-0.1, -0.05) is 19.8 Å². The number of rotatable bonds is 8. The van der Waals surface area contributed by atoms with Gasteiger partial charge in [0.2, 0.25) is 5.91 Å². The standard InChI is InChI=1S/C25H29NO6/c1-3-4-8-19(24(28)29)26-23(27)11-10-15-14(2)17-12-18-16-7-5-6-9-20(16)31-22(18)13-21(17)32-25(15)30/h12-13,19H,3-11H2,1-2H3,(H,26,27)(H,28,29)/p-1/t19-/m1/s1. The normalized spacial score (nSPS) is 14.4. The minimum absolute atomic E-state index is 0.00361. The second-order valence-electron chi connectivity index (χ2n) is 8.63. The Labute approximate surface area is 185 Å².